The molecule has 1 saturated heterocycles. The summed E-state index contributed by atoms with van der Waals surface area (Å²) in [6.45, 7) is 7.07. The fourth-order valence-corrected chi connectivity index (χ4v) is 3.69. The van der Waals surface area contributed by atoms with Gasteiger partial charge in [0.05, 0.1) is 5.01 Å². The quantitative estimate of drug-likeness (QED) is 0.856. The molecule has 0 amide bonds. The number of rotatable bonds is 6. The second-order valence-corrected chi connectivity index (χ2v) is 6.38. The maximum Gasteiger partial charge on any atom is 0.0930 e. The Bertz CT molecular complexity index is 351. The van der Waals surface area contributed by atoms with Gasteiger partial charge in [-0.05, 0) is 51.9 Å². The Labute approximate surface area is 115 Å². The van der Waals surface area contributed by atoms with Crippen molar-refractivity contribution in [3.05, 3.63) is 16.1 Å². The molecule has 1 aliphatic heterocycles. The minimum atomic E-state index is 0.821. The van der Waals surface area contributed by atoms with Crippen molar-refractivity contribution < 1.29 is 0 Å². The number of thiazole rings is 1. The van der Waals surface area contributed by atoms with Crippen LogP contribution >= 0.6 is 11.3 Å². The number of hydrogen-bond donors (Lipinski definition) is 1. The maximum atomic E-state index is 4.59. The van der Waals surface area contributed by atoms with Gasteiger partial charge in [-0.3, -0.25) is 0 Å². The lowest BCUT2D eigenvalue weighted by molar-refractivity contribution is 0.182. The number of hydrogen-bond acceptors (Lipinski definition) is 4. The SMILES string of the molecule is CCN1CCCC(Cc2ncc(CCNC)s2)C1. The van der Waals surface area contributed by atoms with Crippen LogP contribution in [0.25, 0.3) is 0 Å². The van der Waals surface area contributed by atoms with Crippen molar-refractivity contribution in [1.29, 1.82) is 0 Å². The number of likely N-dealkylation sites (tertiary alicyclic amines) is 1. The smallest absolute Gasteiger partial charge is 0.0930 e. The molecule has 1 unspecified atom stereocenters. The van der Waals surface area contributed by atoms with E-state index in [1.807, 2.05) is 18.4 Å². The molecule has 2 heterocycles. The fourth-order valence-electron chi connectivity index (χ4n) is 2.66. The lowest BCUT2D eigenvalue weighted by Crippen LogP contribution is -2.35. The predicted molar refractivity (Wildman–Crippen MR) is 78.3 cm³/mol. The predicted octanol–water partition coefficient (Wildman–Crippen LogP) is 2.18. The number of nitrogens with zero attached hydrogens (tertiary/aromatic N) is 2. The first-order chi connectivity index (χ1) is 8.81. The van der Waals surface area contributed by atoms with E-state index in [1.54, 1.807) is 0 Å². The van der Waals surface area contributed by atoms with E-state index < -0.39 is 0 Å². The number of aromatic nitrogens is 1. The van der Waals surface area contributed by atoms with Gasteiger partial charge < -0.3 is 10.2 Å². The largest absolute Gasteiger partial charge is 0.319 e. The summed E-state index contributed by atoms with van der Waals surface area (Å²) in [6, 6.07) is 0. The first kappa shape index (κ1) is 14.0. The Hall–Kier alpha value is -0.450. The molecule has 1 aromatic rings. The fraction of sp³-hybridized carbons (Fsp3) is 0.786. The van der Waals surface area contributed by atoms with Gasteiger partial charge in [-0.1, -0.05) is 6.92 Å². The van der Waals surface area contributed by atoms with Crippen molar-refractivity contribution in [3.63, 3.8) is 0 Å². The first-order valence-corrected chi connectivity index (χ1v) is 7.94. The van der Waals surface area contributed by atoms with Crippen LogP contribution in [0.3, 0.4) is 0 Å². The molecule has 1 aliphatic rings. The summed E-state index contributed by atoms with van der Waals surface area (Å²) in [5, 5.41) is 4.53. The van der Waals surface area contributed by atoms with Gasteiger partial charge in [0.1, 0.15) is 0 Å². The van der Waals surface area contributed by atoms with Crippen molar-refractivity contribution in [2.45, 2.75) is 32.6 Å². The van der Waals surface area contributed by atoms with Crippen molar-refractivity contribution in [2.24, 2.45) is 5.92 Å². The normalized spacial score (nSPS) is 21.3. The molecule has 3 nitrogen and oxygen atoms in total. The van der Waals surface area contributed by atoms with Gasteiger partial charge in [0, 0.05) is 24.0 Å². The second-order valence-electron chi connectivity index (χ2n) is 5.18. The molecule has 1 N–H and O–H groups in total. The summed E-state index contributed by atoms with van der Waals surface area (Å²) in [5.74, 6) is 0.821. The molecule has 2 rings (SSSR count). The molecule has 0 spiro atoms. The first-order valence-electron chi connectivity index (χ1n) is 7.12. The Kier molecular flexibility index (Phi) is 5.60. The van der Waals surface area contributed by atoms with Gasteiger partial charge >= 0.3 is 0 Å². The summed E-state index contributed by atoms with van der Waals surface area (Å²) >= 11 is 1.91. The van der Waals surface area contributed by atoms with Gasteiger partial charge in [-0.25, -0.2) is 4.98 Å². The molecule has 0 aliphatic carbocycles. The summed E-state index contributed by atoms with van der Waals surface area (Å²) in [6.07, 6.45) is 7.09. The third-order valence-electron chi connectivity index (χ3n) is 3.74. The standard InChI is InChI=1S/C14H25N3S/c1-3-17-8-4-5-12(11-17)9-14-16-10-13(18-14)6-7-15-2/h10,12,15H,3-9,11H2,1-2H3. The van der Waals surface area contributed by atoms with E-state index in [2.05, 4.69) is 28.3 Å². The summed E-state index contributed by atoms with van der Waals surface area (Å²) in [7, 11) is 2.00. The highest BCUT2D eigenvalue weighted by atomic mass is 32.1. The van der Waals surface area contributed by atoms with Crippen molar-refractivity contribution in [3.8, 4) is 0 Å². The zero-order valence-corrected chi connectivity index (χ0v) is 12.4. The number of piperidine rings is 1. The van der Waals surface area contributed by atoms with Crippen LogP contribution in [-0.4, -0.2) is 43.1 Å². The van der Waals surface area contributed by atoms with Crippen LogP contribution in [0, 0.1) is 5.92 Å². The summed E-state index contributed by atoms with van der Waals surface area (Å²) < 4.78 is 0. The Morgan fingerprint density at radius 1 is 1.56 bits per heavy atom. The average Bonchev–Trinajstić information content (AvgIpc) is 2.84. The van der Waals surface area contributed by atoms with Crippen LogP contribution in [-0.2, 0) is 12.8 Å². The lowest BCUT2D eigenvalue weighted by atomic mass is 9.95. The molecule has 1 fully saturated rings. The molecule has 0 saturated carbocycles. The highest BCUT2D eigenvalue weighted by molar-refractivity contribution is 7.11. The van der Waals surface area contributed by atoms with E-state index in [0.717, 1.165) is 18.9 Å². The molecule has 18 heavy (non-hydrogen) atoms. The minimum Gasteiger partial charge on any atom is -0.319 e. The Morgan fingerprint density at radius 2 is 2.44 bits per heavy atom. The van der Waals surface area contributed by atoms with Crippen molar-refractivity contribution >= 4 is 11.3 Å². The minimum absolute atomic E-state index is 0.821. The Balaban J connectivity index is 1.83. The van der Waals surface area contributed by atoms with E-state index in [1.165, 1.54) is 48.8 Å². The average molecular weight is 267 g/mol. The van der Waals surface area contributed by atoms with Crippen LogP contribution in [0.15, 0.2) is 6.20 Å². The monoisotopic (exact) mass is 267 g/mol. The molecule has 0 radical (unpaired) electrons. The van der Waals surface area contributed by atoms with Crippen LogP contribution in [0.4, 0.5) is 0 Å². The van der Waals surface area contributed by atoms with Gasteiger partial charge in [0.15, 0.2) is 0 Å². The molecule has 4 heteroatoms. The van der Waals surface area contributed by atoms with E-state index in [4.69, 9.17) is 0 Å². The van der Waals surface area contributed by atoms with Gasteiger partial charge in [-0.15, -0.1) is 11.3 Å². The van der Waals surface area contributed by atoms with Crippen LogP contribution in [0.2, 0.25) is 0 Å². The maximum absolute atomic E-state index is 4.59. The number of nitrogens with one attached hydrogen (secondary N) is 1. The Morgan fingerprint density at radius 3 is 3.22 bits per heavy atom. The topological polar surface area (TPSA) is 28.2 Å². The van der Waals surface area contributed by atoms with Crippen LogP contribution in [0.5, 0.6) is 0 Å². The summed E-state index contributed by atoms with van der Waals surface area (Å²) in [5.41, 5.74) is 0. The number of likely N-dealkylation sites (N-methyl/N-ethyl adjacent to an activating group) is 1. The van der Waals surface area contributed by atoms with Gasteiger partial charge in [-0.2, -0.15) is 0 Å². The third kappa shape index (κ3) is 4.04. The van der Waals surface area contributed by atoms with E-state index >= 15 is 0 Å². The molecule has 0 aromatic carbocycles. The third-order valence-corrected chi connectivity index (χ3v) is 4.82. The molecule has 0 bridgehead atoms. The molecule has 102 valence electrons. The molecule has 1 aromatic heterocycles. The van der Waals surface area contributed by atoms with E-state index in [0.29, 0.717) is 0 Å². The zero-order valence-electron chi connectivity index (χ0n) is 11.6. The zero-order chi connectivity index (χ0) is 12.8. The molecular formula is C14H25N3S. The van der Waals surface area contributed by atoms with Crippen molar-refractivity contribution in [2.75, 3.05) is 33.2 Å². The molecular weight excluding hydrogens is 242 g/mol. The van der Waals surface area contributed by atoms with E-state index in [-0.39, 0.29) is 0 Å². The van der Waals surface area contributed by atoms with Crippen LogP contribution in [0.1, 0.15) is 29.7 Å². The van der Waals surface area contributed by atoms with E-state index in [9.17, 15) is 0 Å². The summed E-state index contributed by atoms with van der Waals surface area (Å²) in [4.78, 5) is 8.58. The highest BCUT2D eigenvalue weighted by Gasteiger charge is 2.20. The van der Waals surface area contributed by atoms with Crippen molar-refractivity contribution in [1.82, 2.24) is 15.2 Å². The lowest BCUT2D eigenvalue weighted by Gasteiger charge is -2.31. The van der Waals surface area contributed by atoms with Crippen LogP contribution < -0.4 is 5.32 Å². The van der Waals surface area contributed by atoms with Gasteiger partial charge in [0.25, 0.3) is 0 Å². The molecule has 1 atom stereocenters. The van der Waals surface area contributed by atoms with Gasteiger partial charge in [0.2, 0.25) is 0 Å². The highest BCUT2D eigenvalue weighted by Crippen LogP contribution is 2.23. The second kappa shape index (κ2) is 7.22.